The number of hydrogen-bond acceptors (Lipinski definition) is 2. The molecule has 3 rings (SSSR count). The summed E-state index contributed by atoms with van der Waals surface area (Å²) in [6.07, 6.45) is 5.22. The van der Waals surface area contributed by atoms with Crippen LogP contribution in [0.3, 0.4) is 0 Å². The number of benzene rings is 1. The Balaban J connectivity index is 1.53. The average molecular weight is 300 g/mol. The van der Waals surface area contributed by atoms with E-state index >= 15 is 0 Å². The zero-order valence-corrected chi connectivity index (χ0v) is 14.0. The Morgan fingerprint density at radius 2 is 2.14 bits per heavy atom. The minimum absolute atomic E-state index is 0.334. The topological polar surface area (TPSA) is 32.3 Å². The van der Waals surface area contributed by atoms with Gasteiger partial charge in [-0.2, -0.15) is 0 Å². The third-order valence-corrected chi connectivity index (χ3v) is 5.55. The summed E-state index contributed by atoms with van der Waals surface area (Å²) in [5.74, 6) is 0.334. The highest BCUT2D eigenvalue weighted by Gasteiger charge is 2.40. The van der Waals surface area contributed by atoms with Gasteiger partial charge in [-0.1, -0.05) is 18.2 Å². The summed E-state index contributed by atoms with van der Waals surface area (Å²) in [5, 5.41) is 3.51. The summed E-state index contributed by atoms with van der Waals surface area (Å²) in [7, 11) is 0. The van der Waals surface area contributed by atoms with Gasteiger partial charge in [0, 0.05) is 31.5 Å². The van der Waals surface area contributed by atoms with E-state index in [9.17, 15) is 4.79 Å². The summed E-state index contributed by atoms with van der Waals surface area (Å²) in [5.41, 5.74) is 4.29. The molecule has 3 heteroatoms. The number of amides is 1. The van der Waals surface area contributed by atoms with E-state index in [1.54, 1.807) is 0 Å². The molecule has 0 saturated carbocycles. The van der Waals surface area contributed by atoms with E-state index in [1.807, 2.05) is 0 Å². The number of rotatable bonds is 3. The number of aryl methyl sites for hydroxylation is 3. The van der Waals surface area contributed by atoms with Gasteiger partial charge in [0.05, 0.1) is 0 Å². The van der Waals surface area contributed by atoms with Gasteiger partial charge in [-0.3, -0.25) is 4.79 Å². The van der Waals surface area contributed by atoms with Crippen molar-refractivity contribution in [3.8, 4) is 0 Å². The van der Waals surface area contributed by atoms with Gasteiger partial charge < -0.3 is 10.2 Å². The Bertz CT molecular complexity index is 546. The molecule has 0 bridgehead atoms. The first kappa shape index (κ1) is 15.5. The molecule has 2 aliphatic heterocycles. The summed E-state index contributed by atoms with van der Waals surface area (Å²) < 4.78 is 0. The van der Waals surface area contributed by atoms with Crippen LogP contribution >= 0.6 is 0 Å². The lowest BCUT2D eigenvalue weighted by Crippen LogP contribution is -2.42. The number of nitrogens with one attached hydrogen (secondary N) is 1. The van der Waals surface area contributed by atoms with Crippen LogP contribution in [0.4, 0.5) is 0 Å². The van der Waals surface area contributed by atoms with Crippen LogP contribution < -0.4 is 5.32 Å². The standard InChI is InChI=1S/C19H28N2O/c1-15-4-5-17(12-16(15)2)6-7-18(22)21-11-9-19(14-21)8-3-10-20-13-19/h4-5,12,20H,3,6-11,13-14H2,1-2H3/t19-/m1/s1. The van der Waals surface area contributed by atoms with Crippen LogP contribution in [-0.2, 0) is 11.2 Å². The van der Waals surface area contributed by atoms with Crippen molar-refractivity contribution in [2.24, 2.45) is 5.41 Å². The maximum absolute atomic E-state index is 12.5. The summed E-state index contributed by atoms with van der Waals surface area (Å²) >= 11 is 0. The van der Waals surface area contributed by atoms with Crippen molar-refractivity contribution in [1.29, 1.82) is 0 Å². The molecule has 1 N–H and O–H groups in total. The van der Waals surface area contributed by atoms with Crippen molar-refractivity contribution in [3.05, 3.63) is 34.9 Å². The number of piperidine rings is 1. The molecule has 120 valence electrons. The molecule has 1 spiro atoms. The van der Waals surface area contributed by atoms with Crippen molar-refractivity contribution in [3.63, 3.8) is 0 Å². The predicted octanol–water partition coefficient (Wildman–Crippen LogP) is 2.84. The van der Waals surface area contributed by atoms with Gasteiger partial charge in [-0.15, -0.1) is 0 Å². The maximum atomic E-state index is 12.5. The van der Waals surface area contributed by atoms with E-state index < -0.39 is 0 Å². The van der Waals surface area contributed by atoms with Crippen LogP contribution in [0.1, 0.15) is 42.4 Å². The van der Waals surface area contributed by atoms with E-state index in [1.165, 1.54) is 36.0 Å². The first-order valence-corrected chi connectivity index (χ1v) is 8.63. The van der Waals surface area contributed by atoms with Gasteiger partial charge in [-0.25, -0.2) is 0 Å². The van der Waals surface area contributed by atoms with Gasteiger partial charge in [0.1, 0.15) is 0 Å². The van der Waals surface area contributed by atoms with Gasteiger partial charge in [0.15, 0.2) is 0 Å². The normalized spacial score (nSPS) is 24.9. The molecular weight excluding hydrogens is 272 g/mol. The van der Waals surface area contributed by atoms with Crippen LogP contribution in [0, 0.1) is 19.3 Å². The number of likely N-dealkylation sites (tertiary alicyclic amines) is 1. The number of nitrogens with zero attached hydrogens (tertiary/aromatic N) is 1. The van der Waals surface area contributed by atoms with Crippen LogP contribution in [0.15, 0.2) is 18.2 Å². The molecule has 0 aliphatic carbocycles. The zero-order chi connectivity index (χ0) is 15.6. The summed E-state index contributed by atoms with van der Waals surface area (Å²) in [6.45, 7) is 8.42. The molecular formula is C19H28N2O. The Morgan fingerprint density at radius 3 is 2.86 bits per heavy atom. The van der Waals surface area contributed by atoms with Gasteiger partial charge in [0.2, 0.25) is 5.91 Å². The van der Waals surface area contributed by atoms with Crippen molar-refractivity contribution in [1.82, 2.24) is 10.2 Å². The van der Waals surface area contributed by atoms with E-state index in [0.717, 1.165) is 32.6 Å². The first-order chi connectivity index (χ1) is 10.6. The fourth-order valence-electron chi connectivity index (χ4n) is 3.90. The Labute approximate surface area is 134 Å². The third kappa shape index (κ3) is 3.35. The molecule has 1 amide bonds. The summed E-state index contributed by atoms with van der Waals surface area (Å²) in [6, 6.07) is 6.54. The molecule has 2 saturated heterocycles. The molecule has 1 aromatic rings. The molecule has 1 atom stereocenters. The highest BCUT2D eigenvalue weighted by molar-refractivity contribution is 5.76. The van der Waals surface area contributed by atoms with Crippen LogP contribution in [0.2, 0.25) is 0 Å². The molecule has 0 radical (unpaired) electrons. The lowest BCUT2D eigenvalue weighted by Gasteiger charge is -2.33. The minimum atomic E-state index is 0.334. The van der Waals surface area contributed by atoms with E-state index in [4.69, 9.17) is 0 Å². The molecule has 2 heterocycles. The largest absolute Gasteiger partial charge is 0.342 e. The molecule has 22 heavy (non-hydrogen) atoms. The number of hydrogen-bond donors (Lipinski definition) is 1. The van der Waals surface area contributed by atoms with Crippen molar-refractivity contribution in [2.45, 2.75) is 46.0 Å². The second-order valence-electron chi connectivity index (χ2n) is 7.26. The minimum Gasteiger partial charge on any atom is -0.342 e. The Kier molecular flexibility index (Phi) is 4.53. The smallest absolute Gasteiger partial charge is 0.222 e. The highest BCUT2D eigenvalue weighted by Crippen LogP contribution is 2.36. The number of carbonyl (C=O) groups excluding carboxylic acids is 1. The maximum Gasteiger partial charge on any atom is 0.222 e. The second-order valence-corrected chi connectivity index (χ2v) is 7.26. The monoisotopic (exact) mass is 300 g/mol. The Morgan fingerprint density at radius 1 is 1.27 bits per heavy atom. The van der Waals surface area contributed by atoms with Gasteiger partial charge in [-0.05, 0) is 62.8 Å². The average Bonchev–Trinajstić information content (AvgIpc) is 2.92. The lowest BCUT2D eigenvalue weighted by molar-refractivity contribution is -0.130. The molecule has 0 unspecified atom stereocenters. The van der Waals surface area contributed by atoms with E-state index in [0.29, 0.717) is 17.7 Å². The molecule has 2 fully saturated rings. The van der Waals surface area contributed by atoms with E-state index in [2.05, 4.69) is 42.3 Å². The fourth-order valence-corrected chi connectivity index (χ4v) is 3.90. The fraction of sp³-hybridized carbons (Fsp3) is 0.632. The van der Waals surface area contributed by atoms with Crippen molar-refractivity contribution < 1.29 is 4.79 Å². The molecule has 2 aliphatic rings. The van der Waals surface area contributed by atoms with Crippen LogP contribution in [0.25, 0.3) is 0 Å². The molecule has 3 nitrogen and oxygen atoms in total. The predicted molar refractivity (Wildman–Crippen MR) is 90.0 cm³/mol. The Hall–Kier alpha value is -1.35. The second kappa shape index (κ2) is 6.41. The van der Waals surface area contributed by atoms with Crippen LogP contribution in [0.5, 0.6) is 0 Å². The molecule has 1 aromatic carbocycles. The number of carbonyl (C=O) groups is 1. The highest BCUT2D eigenvalue weighted by atomic mass is 16.2. The van der Waals surface area contributed by atoms with E-state index in [-0.39, 0.29) is 0 Å². The molecule has 0 aromatic heterocycles. The zero-order valence-electron chi connectivity index (χ0n) is 14.0. The van der Waals surface area contributed by atoms with Crippen LogP contribution in [-0.4, -0.2) is 37.0 Å². The SMILES string of the molecule is Cc1ccc(CCC(=O)N2CC[C@@]3(CCCNC3)C2)cc1C. The van der Waals surface area contributed by atoms with Crippen molar-refractivity contribution in [2.75, 3.05) is 26.2 Å². The first-order valence-electron chi connectivity index (χ1n) is 8.63. The quantitative estimate of drug-likeness (QED) is 0.931. The van der Waals surface area contributed by atoms with Gasteiger partial charge >= 0.3 is 0 Å². The third-order valence-electron chi connectivity index (χ3n) is 5.55. The van der Waals surface area contributed by atoms with Crippen molar-refractivity contribution >= 4 is 5.91 Å². The lowest BCUT2D eigenvalue weighted by atomic mass is 9.80. The summed E-state index contributed by atoms with van der Waals surface area (Å²) in [4.78, 5) is 14.6. The van der Waals surface area contributed by atoms with Gasteiger partial charge in [0.25, 0.3) is 0 Å².